The van der Waals surface area contributed by atoms with E-state index < -0.39 is 42.4 Å². The van der Waals surface area contributed by atoms with Crippen LogP contribution in [-0.2, 0) is 4.79 Å². The number of amides is 1. The van der Waals surface area contributed by atoms with Crippen LogP contribution in [0.4, 0.5) is 0 Å². The zero-order chi connectivity index (χ0) is 15.4. The van der Waals surface area contributed by atoms with E-state index in [0.717, 1.165) is 11.8 Å². The molecule has 0 bridgehead atoms. The van der Waals surface area contributed by atoms with Crippen LogP contribution in [0.5, 0.6) is 0 Å². The lowest BCUT2D eigenvalue weighted by molar-refractivity contribution is -0.142. The van der Waals surface area contributed by atoms with Gasteiger partial charge in [0.1, 0.15) is 29.8 Å². The van der Waals surface area contributed by atoms with Gasteiger partial charge in [-0.3, -0.25) is 4.79 Å². The second-order valence-corrected chi connectivity index (χ2v) is 5.86. The largest absolute Gasteiger partial charge is 0.394 e. The molecule has 1 aliphatic heterocycles. The van der Waals surface area contributed by atoms with Gasteiger partial charge in [-0.25, -0.2) is 0 Å². The van der Waals surface area contributed by atoms with Gasteiger partial charge in [-0.2, -0.15) is 0 Å². The van der Waals surface area contributed by atoms with E-state index in [0.29, 0.717) is 5.75 Å². The molecule has 0 saturated carbocycles. The SMILES string of the molecule is CC(=O)N1[C@H](CO)CS[C@@H]1[C@H](O)[C@@H](O)[C@@H](O)[C@H](O)CO. The highest BCUT2D eigenvalue weighted by Crippen LogP contribution is 2.33. The molecule has 1 rings (SSSR count). The summed E-state index contributed by atoms with van der Waals surface area (Å²) in [5.41, 5.74) is 0. The summed E-state index contributed by atoms with van der Waals surface area (Å²) < 4.78 is 0. The van der Waals surface area contributed by atoms with Gasteiger partial charge in [-0.1, -0.05) is 0 Å². The molecule has 1 aliphatic rings. The summed E-state index contributed by atoms with van der Waals surface area (Å²) in [5.74, 6) is 0.0194. The highest BCUT2D eigenvalue weighted by molar-refractivity contribution is 8.00. The fraction of sp³-hybridized carbons (Fsp3) is 0.909. The molecule has 118 valence electrons. The van der Waals surface area contributed by atoms with Crippen molar-refractivity contribution in [2.24, 2.45) is 0 Å². The number of hydrogen-bond acceptors (Lipinski definition) is 8. The van der Waals surface area contributed by atoms with E-state index in [1.54, 1.807) is 0 Å². The van der Waals surface area contributed by atoms with Crippen molar-refractivity contribution < 1.29 is 35.4 Å². The van der Waals surface area contributed by atoms with Crippen LogP contribution in [0.3, 0.4) is 0 Å². The number of hydrogen-bond donors (Lipinski definition) is 6. The zero-order valence-corrected chi connectivity index (χ0v) is 11.8. The van der Waals surface area contributed by atoms with Crippen LogP contribution < -0.4 is 0 Å². The van der Waals surface area contributed by atoms with Crippen LogP contribution in [0.1, 0.15) is 6.92 Å². The van der Waals surface area contributed by atoms with Gasteiger partial charge in [-0.05, 0) is 0 Å². The molecule has 0 spiro atoms. The number of aliphatic hydroxyl groups is 6. The average Bonchev–Trinajstić information content (AvgIpc) is 2.87. The molecule has 0 unspecified atom stereocenters. The molecule has 1 heterocycles. The number of thioether (sulfide) groups is 1. The molecule has 9 heteroatoms. The highest BCUT2D eigenvalue weighted by atomic mass is 32.2. The summed E-state index contributed by atoms with van der Waals surface area (Å²) in [6.45, 7) is 0.242. The highest BCUT2D eigenvalue weighted by Gasteiger charge is 2.44. The molecule has 20 heavy (non-hydrogen) atoms. The van der Waals surface area contributed by atoms with E-state index >= 15 is 0 Å². The van der Waals surface area contributed by atoms with Crippen molar-refractivity contribution in [2.75, 3.05) is 19.0 Å². The van der Waals surface area contributed by atoms with Crippen molar-refractivity contribution in [1.29, 1.82) is 0 Å². The van der Waals surface area contributed by atoms with Crippen LogP contribution >= 0.6 is 11.8 Å². The molecule has 8 nitrogen and oxygen atoms in total. The summed E-state index contributed by atoms with van der Waals surface area (Å²) in [4.78, 5) is 12.8. The van der Waals surface area contributed by atoms with Gasteiger partial charge in [0.05, 0.1) is 19.3 Å². The molecule has 0 aromatic heterocycles. The van der Waals surface area contributed by atoms with Gasteiger partial charge in [0.15, 0.2) is 0 Å². The third kappa shape index (κ3) is 3.61. The van der Waals surface area contributed by atoms with E-state index in [2.05, 4.69) is 0 Å². The molecule has 6 atom stereocenters. The minimum absolute atomic E-state index is 0.270. The maximum Gasteiger partial charge on any atom is 0.220 e. The van der Waals surface area contributed by atoms with Crippen LogP contribution in [0.25, 0.3) is 0 Å². The van der Waals surface area contributed by atoms with Crippen molar-refractivity contribution >= 4 is 17.7 Å². The van der Waals surface area contributed by atoms with Crippen molar-refractivity contribution in [3.05, 3.63) is 0 Å². The topological polar surface area (TPSA) is 142 Å². The summed E-state index contributed by atoms with van der Waals surface area (Å²) in [5, 5.41) is 55.8. The third-order valence-electron chi connectivity index (χ3n) is 3.27. The first kappa shape index (κ1) is 17.6. The predicted octanol–water partition coefficient (Wildman–Crippen LogP) is -3.30. The van der Waals surface area contributed by atoms with E-state index in [4.69, 9.17) is 5.11 Å². The Labute approximate surface area is 120 Å². The van der Waals surface area contributed by atoms with Gasteiger partial charge in [-0.15, -0.1) is 11.8 Å². The first-order chi connectivity index (χ1) is 9.34. The maximum absolute atomic E-state index is 11.6. The van der Waals surface area contributed by atoms with Gasteiger partial charge >= 0.3 is 0 Å². The number of aliphatic hydroxyl groups excluding tert-OH is 6. The standard InChI is InChI=1S/C11H21NO7S/c1-5(15)12-6(2-13)4-20-11(12)10(19)9(18)8(17)7(16)3-14/h6-11,13-14,16-19H,2-4H2,1H3/t6-,7-,8+,9+,10-,11-/m1/s1. The summed E-state index contributed by atoms with van der Waals surface area (Å²) in [6, 6.07) is -0.468. The van der Waals surface area contributed by atoms with E-state index in [1.165, 1.54) is 11.8 Å². The van der Waals surface area contributed by atoms with E-state index in [9.17, 15) is 30.3 Å². The number of rotatable bonds is 6. The fourth-order valence-corrected chi connectivity index (χ4v) is 3.65. The normalized spacial score (nSPS) is 29.1. The Bertz CT molecular complexity index is 332. The maximum atomic E-state index is 11.6. The smallest absolute Gasteiger partial charge is 0.220 e. The number of carbonyl (C=O) groups is 1. The van der Waals surface area contributed by atoms with E-state index in [-0.39, 0.29) is 12.5 Å². The number of nitrogens with zero attached hydrogens (tertiary/aromatic N) is 1. The van der Waals surface area contributed by atoms with Crippen LogP contribution in [0.2, 0.25) is 0 Å². The lowest BCUT2D eigenvalue weighted by atomic mass is 10.0. The van der Waals surface area contributed by atoms with Gasteiger partial charge in [0.25, 0.3) is 0 Å². The minimum Gasteiger partial charge on any atom is -0.394 e. The molecule has 0 aromatic rings. The first-order valence-corrected chi connectivity index (χ1v) is 7.24. The van der Waals surface area contributed by atoms with Gasteiger partial charge in [0.2, 0.25) is 5.91 Å². The third-order valence-corrected chi connectivity index (χ3v) is 4.70. The summed E-state index contributed by atoms with van der Waals surface area (Å²) in [7, 11) is 0. The average molecular weight is 311 g/mol. The molecule has 0 aliphatic carbocycles. The van der Waals surface area contributed by atoms with Gasteiger partial charge in [0, 0.05) is 12.7 Å². The van der Waals surface area contributed by atoms with E-state index in [1.807, 2.05) is 0 Å². The Morgan fingerprint density at radius 2 is 1.85 bits per heavy atom. The molecule has 1 saturated heterocycles. The molecule has 6 N–H and O–H groups in total. The first-order valence-electron chi connectivity index (χ1n) is 6.19. The number of carbonyl (C=O) groups excluding carboxylic acids is 1. The quantitative estimate of drug-likeness (QED) is 0.300. The van der Waals surface area contributed by atoms with Crippen molar-refractivity contribution in [3.8, 4) is 0 Å². The Morgan fingerprint density at radius 1 is 1.25 bits per heavy atom. The Morgan fingerprint density at radius 3 is 2.30 bits per heavy atom. The molecule has 1 fully saturated rings. The molecule has 0 aromatic carbocycles. The molecular formula is C11H21NO7S. The second kappa shape index (κ2) is 7.55. The zero-order valence-electron chi connectivity index (χ0n) is 11.0. The Balaban J connectivity index is 2.80. The fourth-order valence-electron chi connectivity index (χ4n) is 2.12. The lowest BCUT2D eigenvalue weighted by Gasteiger charge is -2.34. The summed E-state index contributed by atoms with van der Waals surface area (Å²) >= 11 is 1.16. The van der Waals surface area contributed by atoms with Crippen molar-refractivity contribution in [1.82, 2.24) is 4.90 Å². The monoisotopic (exact) mass is 311 g/mol. The lowest BCUT2D eigenvalue weighted by Crippen LogP contribution is -2.54. The Kier molecular flexibility index (Phi) is 6.65. The second-order valence-electron chi connectivity index (χ2n) is 4.71. The van der Waals surface area contributed by atoms with Crippen LogP contribution in [0, 0.1) is 0 Å². The Hall–Kier alpha value is -0.420. The predicted molar refractivity (Wildman–Crippen MR) is 70.8 cm³/mol. The minimum atomic E-state index is -1.74. The van der Waals surface area contributed by atoms with Crippen LogP contribution in [-0.4, -0.2) is 96.2 Å². The summed E-state index contributed by atoms with van der Waals surface area (Å²) in [6.07, 6.45) is -6.58. The van der Waals surface area contributed by atoms with Crippen LogP contribution in [0.15, 0.2) is 0 Å². The molecule has 1 amide bonds. The van der Waals surface area contributed by atoms with Gasteiger partial charge < -0.3 is 35.5 Å². The molecular weight excluding hydrogens is 290 g/mol. The van der Waals surface area contributed by atoms with Crippen molar-refractivity contribution in [2.45, 2.75) is 42.8 Å². The molecule has 0 radical (unpaired) electrons. The van der Waals surface area contributed by atoms with Crippen molar-refractivity contribution in [3.63, 3.8) is 0 Å².